The lowest BCUT2D eigenvalue weighted by atomic mass is 9.89. The highest BCUT2D eigenvalue weighted by Gasteiger charge is 2.44. The number of benzene rings is 2. The Kier molecular flexibility index (Phi) is 5.79. The molecule has 1 heterocycles. The highest BCUT2D eigenvalue weighted by Crippen LogP contribution is 2.27. The van der Waals surface area contributed by atoms with Crippen molar-refractivity contribution in [1.29, 1.82) is 0 Å². The number of amides is 2. The number of hydrogen-bond acceptors (Lipinski definition) is 3. The molecular weight excluding hydrogens is 359 g/mol. The predicted octanol–water partition coefficient (Wildman–Crippen LogP) is 2.77. The third-order valence-corrected chi connectivity index (χ3v) is 5.02. The number of halogens is 1. The van der Waals surface area contributed by atoms with Crippen LogP contribution in [0.15, 0.2) is 48.5 Å². The topological polar surface area (TPSA) is 72.6 Å². The van der Waals surface area contributed by atoms with Gasteiger partial charge in [-0.25, -0.2) is 4.39 Å². The number of nitrogens with zero attached hydrogens (tertiary/aromatic N) is 1. The van der Waals surface area contributed by atoms with Gasteiger partial charge in [-0.1, -0.05) is 50.2 Å². The SMILES string of the molecule is CC(C)C(=O)N1CCOC(Cc2cccc(-c3cccc(F)c3)c2)(C(N)=O)C1. The van der Waals surface area contributed by atoms with Gasteiger partial charge in [0.2, 0.25) is 5.91 Å². The minimum atomic E-state index is -1.27. The molecule has 2 aromatic rings. The molecule has 1 atom stereocenters. The Morgan fingerprint density at radius 1 is 1.18 bits per heavy atom. The molecule has 28 heavy (non-hydrogen) atoms. The van der Waals surface area contributed by atoms with Gasteiger partial charge in [0.05, 0.1) is 13.2 Å². The molecule has 6 heteroatoms. The molecule has 1 fully saturated rings. The summed E-state index contributed by atoms with van der Waals surface area (Å²) in [6, 6.07) is 13.8. The van der Waals surface area contributed by atoms with Gasteiger partial charge in [-0.3, -0.25) is 9.59 Å². The number of carbonyl (C=O) groups is 2. The molecule has 0 saturated carbocycles. The van der Waals surface area contributed by atoms with E-state index in [4.69, 9.17) is 10.5 Å². The van der Waals surface area contributed by atoms with E-state index in [0.717, 1.165) is 16.7 Å². The fourth-order valence-corrected chi connectivity index (χ4v) is 3.54. The van der Waals surface area contributed by atoms with Crippen LogP contribution < -0.4 is 5.73 Å². The van der Waals surface area contributed by atoms with Crippen molar-refractivity contribution in [2.45, 2.75) is 25.9 Å². The first-order valence-electron chi connectivity index (χ1n) is 9.38. The van der Waals surface area contributed by atoms with E-state index in [2.05, 4.69) is 0 Å². The maximum atomic E-state index is 13.6. The maximum absolute atomic E-state index is 13.6. The van der Waals surface area contributed by atoms with Crippen LogP contribution in [-0.4, -0.2) is 42.0 Å². The summed E-state index contributed by atoms with van der Waals surface area (Å²) in [6.45, 7) is 4.47. The highest BCUT2D eigenvalue weighted by atomic mass is 19.1. The summed E-state index contributed by atoms with van der Waals surface area (Å²) in [5.74, 6) is -1.10. The molecular formula is C22H25FN2O3. The molecule has 1 aliphatic rings. The molecule has 0 bridgehead atoms. The van der Waals surface area contributed by atoms with Crippen LogP contribution in [0, 0.1) is 11.7 Å². The van der Waals surface area contributed by atoms with Crippen LogP contribution >= 0.6 is 0 Å². The molecule has 1 saturated heterocycles. The van der Waals surface area contributed by atoms with Crippen molar-refractivity contribution in [2.24, 2.45) is 11.7 Å². The summed E-state index contributed by atoms with van der Waals surface area (Å²) >= 11 is 0. The summed E-state index contributed by atoms with van der Waals surface area (Å²) < 4.78 is 19.4. The monoisotopic (exact) mass is 384 g/mol. The van der Waals surface area contributed by atoms with Gasteiger partial charge in [-0.05, 0) is 28.8 Å². The van der Waals surface area contributed by atoms with Crippen molar-refractivity contribution in [3.05, 3.63) is 59.9 Å². The molecule has 148 valence electrons. The van der Waals surface area contributed by atoms with Crippen molar-refractivity contribution in [1.82, 2.24) is 4.90 Å². The summed E-state index contributed by atoms with van der Waals surface area (Å²) in [5, 5.41) is 0. The van der Waals surface area contributed by atoms with Crippen LogP contribution in [0.3, 0.4) is 0 Å². The lowest BCUT2D eigenvalue weighted by Crippen LogP contribution is -2.61. The van der Waals surface area contributed by atoms with Gasteiger partial charge in [0.15, 0.2) is 5.60 Å². The Balaban J connectivity index is 1.88. The second-order valence-electron chi connectivity index (χ2n) is 7.51. The molecule has 1 unspecified atom stereocenters. The summed E-state index contributed by atoms with van der Waals surface area (Å²) in [5.41, 5.74) is 6.85. The first-order valence-corrected chi connectivity index (χ1v) is 9.38. The normalized spacial score (nSPS) is 19.6. The standard InChI is InChI=1S/C22H25FN2O3/c1-15(2)20(26)25-9-10-28-22(14-25,21(24)27)13-16-5-3-6-17(11-16)18-7-4-8-19(23)12-18/h3-8,11-12,15H,9-10,13-14H2,1-2H3,(H2,24,27). The molecule has 5 nitrogen and oxygen atoms in total. The van der Waals surface area contributed by atoms with Crippen LogP contribution in [0.1, 0.15) is 19.4 Å². The van der Waals surface area contributed by atoms with E-state index in [1.54, 1.807) is 11.0 Å². The zero-order valence-electron chi connectivity index (χ0n) is 16.2. The van der Waals surface area contributed by atoms with Crippen molar-refractivity contribution in [2.75, 3.05) is 19.7 Å². The molecule has 0 aliphatic carbocycles. The van der Waals surface area contributed by atoms with Gasteiger partial charge in [0.25, 0.3) is 5.91 Å². The van der Waals surface area contributed by atoms with Gasteiger partial charge in [-0.15, -0.1) is 0 Å². The first kappa shape index (κ1) is 20.0. The average Bonchev–Trinajstić information content (AvgIpc) is 2.67. The number of ether oxygens (including phenoxy) is 1. The third kappa shape index (κ3) is 4.22. The minimum Gasteiger partial charge on any atom is -0.367 e. The Morgan fingerprint density at radius 3 is 2.50 bits per heavy atom. The summed E-state index contributed by atoms with van der Waals surface area (Å²) in [6.07, 6.45) is 0.243. The maximum Gasteiger partial charge on any atom is 0.251 e. The van der Waals surface area contributed by atoms with Crippen LogP contribution in [0.5, 0.6) is 0 Å². The highest BCUT2D eigenvalue weighted by molar-refractivity contribution is 5.86. The number of primary amides is 1. The minimum absolute atomic E-state index is 0.0255. The molecule has 3 rings (SSSR count). The van der Waals surface area contributed by atoms with Crippen LogP contribution in [-0.2, 0) is 20.7 Å². The van der Waals surface area contributed by atoms with Gasteiger partial charge in [0.1, 0.15) is 5.82 Å². The van der Waals surface area contributed by atoms with Crippen LogP contribution in [0.2, 0.25) is 0 Å². The molecule has 0 radical (unpaired) electrons. The van der Waals surface area contributed by atoms with Crippen LogP contribution in [0.25, 0.3) is 11.1 Å². The van der Waals surface area contributed by atoms with Gasteiger partial charge >= 0.3 is 0 Å². The predicted molar refractivity (Wildman–Crippen MR) is 105 cm³/mol. The Bertz CT molecular complexity index is 884. The van der Waals surface area contributed by atoms with Gasteiger partial charge in [-0.2, -0.15) is 0 Å². The molecule has 1 aliphatic heterocycles. The Labute approximate surface area is 164 Å². The number of carbonyl (C=O) groups excluding carboxylic acids is 2. The van der Waals surface area contributed by atoms with E-state index in [0.29, 0.717) is 6.54 Å². The fourth-order valence-electron chi connectivity index (χ4n) is 3.54. The van der Waals surface area contributed by atoms with Crippen molar-refractivity contribution < 1.29 is 18.7 Å². The number of rotatable bonds is 5. The third-order valence-electron chi connectivity index (χ3n) is 5.02. The second-order valence-corrected chi connectivity index (χ2v) is 7.51. The van der Waals surface area contributed by atoms with Crippen molar-refractivity contribution in [3.63, 3.8) is 0 Å². The van der Waals surface area contributed by atoms with Crippen LogP contribution in [0.4, 0.5) is 4.39 Å². The molecule has 2 aromatic carbocycles. The molecule has 0 spiro atoms. The van der Waals surface area contributed by atoms with E-state index in [1.165, 1.54) is 12.1 Å². The molecule has 0 aromatic heterocycles. The second kappa shape index (κ2) is 8.10. The van der Waals surface area contributed by atoms with E-state index in [-0.39, 0.29) is 37.2 Å². The smallest absolute Gasteiger partial charge is 0.251 e. The Hall–Kier alpha value is -2.73. The van der Waals surface area contributed by atoms with Gasteiger partial charge < -0.3 is 15.4 Å². The van der Waals surface area contributed by atoms with Crippen molar-refractivity contribution >= 4 is 11.8 Å². The first-order chi connectivity index (χ1) is 13.3. The summed E-state index contributed by atoms with van der Waals surface area (Å²) in [7, 11) is 0. The largest absolute Gasteiger partial charge is 0.367 e. The van der Waals surface area contributed by atoms with Gasteiger partial charge in [0, 0.05) is 18.9 Å². The number of nitrogens with two attached hydrogens (primary N) is 1. The summed E-state index contributed by atoms with van der Waals surface area (Å²) in [4.78, 5) is 26.4. The van der Waals surface area contributed by atoms with E-state index in [1.807, 2.05) is 44.2 Å². The molecule has 2 amide bonds. The zero-order chi connectivity index (χ0) is 20.3. The zero-order valence-corrected chi connectivity index (χ0v) is 16.2. The quantitative estimate of drug-likeness (QED) is 0.862. The number of morpholine rings is 1. The van der Waals surface area contributed by atoms with Crippen molar-refractivity contribution in [3.8, 4) is 11.1 Å². The van der Waals surface area contributed by atoms with E-state index in [9.17, 15) is 14.0 Å². The lowest BCUT2D eigenvalue weighted by Gasteiger charge is -2.41. The lowest BCUT2D eigenvalue weighted by molar-refractivity contribution is -0.165. The molecule has 2 N–H and O–H groups in total. The average molecular weight is 384 g/mol. The number of hydrogen-bond donors (Lipinski definition) is 1. The Morgan fingerprint density at radius 2 is 1.86 bits per heavy atom. The van der Waals surface area contributed by atoms with E-state index >= 15 is 0 Å². The fraction of sp³-hybridized carbons (Fsp3) is 0.364. The van der Waals surface area contributed by atoms with E-state index < -0.39 is 11.5 Å².